The third-order valence-electron chi connectivity index (χ3n) is 4.17. The number of Topliss-reactive ketones (excluding diaryl/α,β-unsaturated/α-hetero) is 1. The number of hydrogen-bond donors (Lipinski definition) is 2. The van der Waals surface area contributed by atoms with E-state index in [2.05, 4.69) is 5.32 Å². The van der Waals surface area contributed by atoms with Gasteiger partial charge in [0.05, 0.1) is 5.56 Å². The Hall–Kier alpha value is -3.05. The lowest BCUT2D eigenvalue weighted by molar-refractivity contribution is -0.146. The standard InChI is InChI=1S/C17H13FN4O2S/c1-17(14(23)15(24)22(2)16(20)21-17)13-6-11(8-25-13)9-3-4-12(18)10(5-9)7-19/h3-6,8H,1-2H3,(H2,20,21)/t17-/m1/s1. The van der Waals surface area contributed by atoms with E-state index in [1.165, 1.54) is 30.5 Å². The van der Waals surface area contributed by atoms with Crippen LogP contribution in [-0.4, -0.2) is 29.6 Å². The highest BCUT2D eigenvalue weighted by Crippen LogP contribution is 2.35. The van der Waals surface area contributed by atoms with Crippen LogP contribution in [0.5, 0.6) is 0 Å². The fourth-order valence-electron chi connectivity index (χ4n) is 2.56. The summed E-state index contributed by atoms with van der Waals surface area (Å²) in [5.74, 6) is -2.17. The smallest absolute Gasteiger partial charge is 0.299 e. The molecule has 2 aromatic rings. The Morgan fingerprint density at radius 2 is 2.04 bits per heavy atom. The molecule has 2 heterocycles. The molecular weight excluding hydrogens is 343 g/mol. The highest BCUT2D eigenvalue weighted by atomic mass is 32.1. The zero-order chi connectivity index (χ0) is 18.4. The maximum Gasteiger partial charge on any atom is 0.299 e. The molecule has 1 aromatic heterocycles. The molecule has 0 spiro atoms. The average molecular weight is 356 g/mol. The molecule has 6 nitrogen and oxygen atoms in total. The van der Waals surface area contributed by atoms with Crippen LogP contribution in [0.25, 0.3) is 11.1 Å². The van der Waals surface area contributed by atoms with E-state index < -0.39 is 23.0 Å². The van der Waals surface area contributed by atoms with Crippen molar-refractivity contribution in [3.05, 3.63) is 45.9 Å². The quantitative estimate of drug-likeness (QED) is 0.806. The summed E-state index contributed by atoms with van der Waals surface area (Å²) in [5.41, 5.74) is -0.0697. The molecule has 1 amide bonds. The van der Waals surface area contributed by atoms with Crippen molar-refractivity contribution >= 4 is 29.0 Å². The normalized spacial score (nSPS) is 20.4. The predicted molar refractivity (Wildman–Crippen MR) is 90.4 cm³/mol. The molecule has 1 aromatic carbocycles. The van der Waals surface area contributed by atoms with E-state index in [0.717, 1.165) is 4.90 Å². The van der Waals surface area contributed by atoms with Gasteiger partial charge in [-0.1, -0.05) is 6.07 Å². The maximum atomic E-state index is 13.5. The Bertz CT molecular complexity index is 962. The molecule has 1 aliphatic rings. The van der Waals surface area contributed by atoms with Crippen molar-refractivity contribution in [2.24, 2.45) is 0 Å². The molecule has 1 atom stereocenters. The van der Waals surface area contributed by atoms with E-state index in [1.807, 2.05) is 0 Å². The number of carbonyl (C=O) groups excluding carboxylic acids is 2. The van der Waals surface area contributed by atoms with Gasteiger partial charge in [0.15, 0.2) is 5.96 Å². The zero-order valence-electron chi connectivity index (χ0n) is 13.4. The van der Waals surface area contributed by atoms with Crippen molar-refractivity contribution in [3.63, 3.8) is 0 Å². The van der Waals surface area contributed by atoms with Crippen LogP contribution in [0.4, 0.5) is 4.39 Å². The van der Waals surface area contributed by atoms with Gasteiger partial charge in [0.25, 0.3) is 11.7 Å². The number of amides is 1. The number of nitriles is 1. The van der Waals surface area contributed by atoms with Gasteiger partial charge in [0.1, 0.15) is 17.4 Å². The molecule has 1 saturated heterocycles. The Balaban J connectivity index is 2.01. The minimum Gasteiger partial charge on any atom is -0.339 e. The first-order chi connectivity index (χ1) is 11.8. The second kappa shape index (κ2) is 5.79. The van der Waals surface area contributed by atoms with E-state index in [9.17, 15) is 14.0 Å². The lowest BCUT2D eigenvalue weighted by atomic mass is 9.90. The topological polar surface area (TPSA) is 97.1 Å². The lowest BCUT2D eigenvalue weighted by Gasteiger charge is -2.36. The first-order valence-corrected chi connectivity index (χ1v) is 8.14. The number of nitrogens with zero attached hydrogens (tertiary/aromatic N) is 2. The van der Waals surface area contributed by atoms with Crippen LogP contribution in [0.2, 0.25) is 0 Å². The van der Waals surface area contributed by atoms with E-state index in [-0.39, 0.29) is 11.5 Å². The monoisotopic (exact) mass is 356 g/mol. The molecule has 0 bridgehead atoms. The summed E-state index contributed by atoms with van der Waals surface area (Å²) < 4.78 is 13.5. The van der Waals surface area contributed by atoms with Crippen LogP contribution in [-0.2, 0) is 15.1 Å². The molecule has 8 heteroatoms. The summed E-state index contributed by atoms with van der Waals surface area (Å²) >= 11 is 1.25. The Morgan fingerprint density at radius 3 is 2.72 bits per heavy atom. The number of halogens is 1. The Morgan fingerprint density at radius 1 is 1.32 bits per heavy atom. The van der Waals surface area contributed by atoms with Gasteiger partial charge in [-0.15, -0.1) is 11.3 Å². The summed E-state index contributed by atoms with van der Waals surface area (Å²) in [6.07, 6.45) is 0. The summed E-state index contributed by atoms with van der Waals surface area (Å²) in [6.45, 7) is 1.55. The number of guanidine groups is 1. The van der Waals surface area contributed by atoms with Crippen LogP contribution in [0.1, 0.15) is 17.4 Å². The van der Waals surface area contributed by atoms with Crippen LogP contribution in [0.15, 0.2) is 29.6 Å². The van der Waals surface area contributed by atoms with E-state index in [1.54, 1.807) is 30.5 Å². The van der Waals surface area contributed by atoms with Gasteiger partial charge in [0, 0.05) is 11.9 Å². The van der Waals surface area contributed by atoms with Crippen molar-refractivity contribution in [1.29, 1.82) is 10.7 Å². The number of benzene rings is 1. The van der Waals surface area contributed by atoms with Gasteiger partial charge >= 0.3 is 0 Å². The number of carbonyl (C=O) groups is 2. The molecule has 0 saturated carbocycles. The van der Waals surface area contributed by atoms with Crippen molar-refractivity contribution in [2.45, 2.75) is 12.5 Å². The SMILES string of the molecule is CN1C(=N)N[C@](C)(c2cc(-c3ccc(F)c(C#N)c3)cs2)C(=O)C1=O. The third kappa shape index (κ3) is 2.58. The lowest BCUT2D eigenvalue weighted by Crippen LogP contribution is -2.64. The average Bonchev–Trinajstić information content (AvgIpc) is 3.09. The number of ketones is 1. The molecule has 0 aliphatic carbocycles. The van der Waals surface area contributed by atoms with Crippen molar-refractivity contribution < 1.29 is 14.0 Å². The fourth-order valence-corrected chi connectivity index (χ4v) is 3.59. The largest absolute Gasteiger partial charge is 0.339 e. The van der Waals surface area contributed by atoms with Gasteiger partial charge < -0.3 is 5.32 Å². The number of rotatable bonds is 2. The molecule has 1 aliphatic heterocycles. The summed E-state index contributed by atoms with van der Waals surface area (Å²) in [5, 5.41) is 21.3. The first-order valence-electron chi connectivity index (χ1n) is 7.26. The molecule has 0 radical (unpaired) electrons. The van der Waals surface area contributed by atoms with E-state index in [4.69, 9.17) is 10.7 Å². The number of nitrogens with one attached hydrogen (secondary N) is 2. The highest BCUT2D eigenvalue weighted by Gasteiger charge is 2.47. The van der Waals surface area contributed by atoms with Crippen LogP contribution >= 0.6 is 11.3 Å². The first kappa shape index (κ1) is 16.8. The minimum atomic E-state index is -1.33. The van der Waals surface area contributed by atoms with Gasteiger partial charge in [0.2, 0.25) is 0 Å². The molecule has 0 unspecified atom stereocenters. The van der Waals surface area contributed by atoms with Crippen molar-refractivity contribution in [2.75, 3.05) is 7.05 Å². The number of hydrogen-bond acceptors (Lipinski definition) is 5. The summed E-state index contributed by atoms with van der Waals surface area (Å²) in [6, 6.07) is 7.68. The van der Waals surface area contributed by atoms with Crippen LogP contribution in [0.3, 0.4) is 0 Å². The molecule has 126 valence electrons. The van der Waals surface area contributed by atoms with Crippen LogP contribution in [0, 0.1) is 22.6 Å². The van der Waals surface area contributed by atoms with Crippen molar-refractivity contribution in [1.82, 2.24) is 10.2 Å². The molecule has 1 fully saturated rings. The second-order valence-corrected chi connectivity index (χ2v) is 6.71. The molecule has 2 N–H and O–H groups in total. The number of likely N-dealkylation sites (N-methyl/N-ethyl adjacent to an activating group) is 1. The van der Waals surface area contributed by atoms with E-state index in [0.29, 0.717) is 16.0 Å². The summed E-state index contributed by atoms with van der Waals surface area (Å²) in [4.78, 5) is 26.0. The predicted octanol–water partition coefficient (Wildman–Crippen LogP) is 2.21. The number of thiophene rings is 1. The molecule has 25 heavy (non-hydrogen) atoms. The van der Waals surface area contributed by atoms with Gasteiger partial charge in [-0.25, -0.2) is 4.39 Å². The molecular formula is C17H13FN4O2S. The molecule has 3 rings (SSSR count). The maximum absolute atomic E-state index is 13.5. The zero-order valence-corrected chi connectivity index (χ0v) is 14.2. The minimum absolute atomic E-state index is 0.0677. The summed E-state index contributed by atoms with van der Waals surface area (Å²) in [7, 11) is 1.36. The van der Waals surface area contributed by atoms with E-state index >= 15 is 0 Å². The Kier molecular flexibility index (Phi) is 3.89. The highest BCUT2D eigenvalue weighted by molar-refractivity contribution is 7.10. The van der Waals surface area contributed by atoms with Crippen LogP contribution < -0.4 is 5.32 Å². The van der Waals surface area contributed by atoms with Gasteiger partial charge in [-0.05, 0) is 41.6 Å². The fraction of sp³-hybridized carbons (Fsp3) is 0.176. The van der Waals surface area contributed by atoms with Gasteiger partial charge in [-0.2, -0.15) is 5.26 Å². The van der Waals surface area contributed by atoms with Crippen molar-refractivity contribution in [3.8, 4) is 17.2 Å². The Labute approximate surface area is 147 Å². The third-order valence-corrected chi connectivity index (χ3v) is 5.32. The second-order valence-electron chi connectivity index (χ2n) is 5.80. The van der Waals surface area contributed by atoms with Gasteiger partial charge in [-0.3, -0.25) is 19.9 Å².